The molecule has 3 heteroatoms. The summed E-state index contributed by atoms with van der Waals surface area (Å²) < 4.78 is 5.81. The molecule has 0 saturated heterocycles. The Hall–Kier alpha value is -1.77. The van der Waals surface area contributed by atoms with Gasteiger partial charge in [-0.3, -0.25) is 0 Å². The smallest absolute Gasteiger partial charge is 0.135 e. The second-order valence-corrected chi connectivity index (χ2v) is 5.04. The van der Waals surface area contributed by atoms with Gasteiger partial charge in [0.1, 0.15) is 11.3 Å². The Morgan fingerprint density at radius 1 is 1.11 bits per heavy atom. The quantitative estimate of drug-likeness (QED) is 0.748. The van der Waals surface area contributed by atoms with Gasteiger partial charge in [-0.25, -0.2) is 0 Å². The minimum absolute atomic E-state index is 0.273. The van der Waals surface area contributed by atoms with Gasteiger partial charge < -0.3 is 10.2 Å². The van der Waals surface area contributed by atoms with Crippen LogP contribution in [-0.2, 0) is 0 Å². The number of rotatable bonds is 2. The van der Waals surface area contributed by atoms with Crippen LogP contribution in [-0.4, -0.2) is 0 Å². The summed E-state index contributed by atoms with van der Waals surface area (Å²) in [5.41, 5.74) is 9.29. The van der Waals surface area contributed by atoms with E-state index in [1.807, 2.05) is 55.5 Å². The first kappa shape index (κ1) is 12.3. The lowest BCUT2D eigenvalue weighted by atomic mass is 10.0. The molecule has 0 spiro atoms. The summed E-state index contributed by atoms with van der Waals surface area (Å²) in [6, 6.07) is 15.3. The second kappa shape index (κ2) is 4.72. The Bertz CT molecular complexity index is 732. The van der Waals surface area contributed by atoms with E-state index < -0.39 is 0 Å². The van der Waals surface area contributed by atoms with Crippen LogP contribution < -0.4 is 5.73 Å². The van der Waals surface area contributed by atoms with Crippen molar-refractivity contribution in [2.75, 3.05) is 0 Å². The van der Waals surface area contributed by atoms with E-state index in [0.717, 1.165) is 27.9 Å². The van der Waals surface area contributed by atoms with E-state index in [4.69, 9.17) is 21.8 Å². The molecule has 1 unspecified atom stereocenters. The first-order valence-electron chi connectivity index (χ1n) is 6.16. The van der Waals surface area contributed by atoms with Crippen molar-refractivity contribution in [3.05, 3.63) is 70.4 Å². The third-order valence-corrected chi connectivity index (χ3v) is 3.69. The summed E-state index contributed by atoms with van der Waals surface area (Å²) in [6.45, 7) is 2.05. The minimum Gasteiger partial charge on any atom is -0.459 e. The van der Waals surface area contributed by atoms with Crippen molar-refractivity contribution in [2.45, 2.75) is 13.0 Å². The fourth-order valence-corrected chi connectivity index (χ4v) is 2.51. The maximum atomic E-state index is 6.29. The summed E-state index contributed by atoms with van der Waals surface area (Å²) in [5.74, 6) is 0.734. The van der Waals surface area contributed by atoms with Gasteiger partial charge in [0.25, 0.3) is 0 Å². The van der Waals surface area contributed by atoms with Gasteiger partial charge in [0.15, 0.2) is 0 Å². The van der Waals surface area contributed by atoms with Gasteiger partial charge in [0.2, 0.25) is 0 Å². The van der Waals surface area contributed by atoms with Crippen LogP contribution in [0.2, 0.25) is 5.02 Å². The molecule has 1 atom stereocenters. The van der Waals surface area contributed by atoms with Crippen molar-refractivity contribution < 1.29 is 4.42 Å². The number of fused-ring (bicyclic) bond motifs is 1. The molecule has 0 aliphatic carbocycles. The summed E-state index contributed by atoms with van der Waals surface area (Å²) >= 11 is 6.15. The van der Waals surface area contributed by atoms with Crippen LogP contribution in [0.1, 0.15) is 22.9 Å². The fourth-order valence-electron chi connectivity index (χ4n) is 2.29. The number of nitrogens with two attached hydrogens (primary N) is 1. The van der Waals surface area contributed by atoms with Crippen molar-refractivity contribution in [2.24, 2.45) is 5.73 Å². The van der Waals surface area contributed by atoms with Gasteiger partial charge in [-0.1, -0.05) is 41.9 Å². The molecule has 2 N–H and O–H groups in total. The second-order valence-electron chi connectivity index (χ2n) is 4.63. The highest BCUT2D eigenvalue weighted by Gasteiger charge is 2.16. The van der Waals surface area contributed by atoms with Crippen LogP contribution in [0.25, 0.3) is 11.0 Å². The molecule has 1 heterocycles. The Kier molecular flexibility index (Phi) is 3.05. The van der Waals surface area contributed by atoms with E-state index in [-0.39, 0.29) is 6.04 Å². The molecular weight excluding hydrogens is 258 g/mol. The van der Waals surface area contributed by atoms with Gasteiger partial charge in [-0.05, 0) is 36.2 Å². The Labute approximate surface area is 116 Å². The van der Waals surface area contributed by atoms with Crippen molar-refractivity contribution in [3.8, 4) is 0 Å². The SMILES string of the molecule is Cc1ccccc1C(N)c1cc2c(Cl)cccc2o1. The van der Waals surface area contributed by atoms with Crippen LogP contribution in [0, 0.1) is 6.92 Å². The summed E-state index contributed by atoms with van der Waals surface area (Å²) in [4.78, 5) is 0. The van der Waals surface area contributed by atoms with Gasteiger partial charge in [-0.2, -0.15) is 0 Å². The first-order valence-corrected chi connectivity index (χ1v) is 6.53. The lowest BCUT2D eigenvalue weighted by Gasteiger charge is -2.11. The van der Waals surface area contributed by atoms with Crippen molar-refractivity contribution in [3.63, 3.8) is 0 Å². The average Bonchev–Trinajstić information content (AvgIpc) is 2.84. The van der Waals surface area contributed by atoms with Crippen molar-refractivity contribution >= 4 is 22.6 Å². The zero-order chi connectivity index (χ0) is 13.4. The Morgan fingerprint density at radius 3 is 2.63 bits per heavy atom. The maximum absolute atomic E-state index is 6.29. The van der Waals surface area contributed by atoms with Crippen LogP contribution >= 0.6 is 11.6 Å². The minimum atomic E-state index is -0.273. The van der Waals surface area contributed by atoms with E-state index in [1.165, 1.54) is 0 Å². The average molecular weight is 272 g/mol. The number of hydrogen-bond acceptors (Lipinski definition) is 2. The molecule has 3 rings (SSSR count). The highest BCUT2D eigenvalue weighted by molar-refractivity contribution is 6.35. The summed E-state index contributed by atoms with van der Waals surface area (Å²) in [7, 11) is 0. The highest BCUT2D eigenvalue weighted by Crippen LogP contribution is 2.31. The Morgan fingerprint density at radius 2 is 1.89 bits per heavy atom. The predicted octanol–water partition coefficient (Wildman–Crippen LogP) is 4.44. The third-order valence-electron chi connectivity index (χ3n) is 3.36. The van der Waals surface area contributed by atoms with E-state index in [9.17, 15) is 0 Å². The molecule has 96 valence electrons. The molecule has 0 aliphatic heterocycles. The zero-order valence-electron chi connectivity index (χ0n) is 10.6. The molecule has 0 amide bonds. The molecule has 3 aromatic rings. The van der Waals surface area contributed by atoms with Crippen LogP contribution in [0.5, 0.6) is 0 Å². The molecule has 0 fully saturated rings. The van der Waals surface area contributed by atoms with Gasteiger partial charge in [0.05, 0.1) is 11.1 Å². The van der Waals surface area contributed by atoms with E-state index in [1.54, 1.807) is 0 Å². The topological polar surface area (TPSA) is 39.2 Å². The fraction of sp³-hybridized carbons (Fsp3) is 0.125. The summed E-state index contributed by atoms with van der Waals surface area (Å²) in [6.07, 6.45) is 0. The molecule has 1 aromatic heterocycles. The number of hydrogen-bond donors (Lipinski definition) is 1. The van der Waals surface area contributed by atoms with Crippen LogP contribution in [0.3, 0.4) is 0 Å². The largest absolute Gasteiger partial charge is 0.459 e. The molecule has 0 aliphatic rings. The molecule has 2 aromatic carbocycles. The molecule has 0 saturated carbocycles. The molecule has 0 radical (unpaired) electrons. The molecule has 2 nitrogen and oxygen atoms in total. The van der Waals surface area contributed by atoms with Gasteiger partial charge in [-0.15, -0.1) is 0 Å². The zero-order valence-corrected chi connectivity index (χ0v) is 11.3. The van der Waals surface area contributed by atoms with Gasteiger partial charge >= 0.3 is 0 Å². The predicted molar refractivity (Wildman–Crippen MR) is 78.4 cm³/mol. The lowest BCUT2D eigenvalue weighted by Crippen LogP contribution is -2.12. The molecule has 0 bridgehead atoms. The highest BCUT2D eigenvalue weighted by atomic mass is 35.5. The molecular formula is C16H14ClNO. The number of halogens is 1. The number of benzene rings is 2. The monoisotopic (exact) mass is 271 g/mol. The first-order chi connectivity index (χ1) is 9.16. The van der Waals surface area contributed by atoms with Crippen molar-refractivity contribution in [1.82, 2.24) is 0 Å². The number of furan rings is 1. The van der Waals surface area contributed by atoms with E-state index in [2.05, 4.69) is 0 Å². The lowest BCUT2D eigenvalue weighted by molar-refractivity contribution is 0.524. The number of aryl methyl sites for hydroxylation is 1. The summed E-state index contributed by atoms with van der Waals surface area (Å²) in [5, 5.41) is 1.59. The van der Waals surface area contributed by atoms with Crippen LogP contribution in [0.4, 0.5) is 0 Å². The van der Waals surface area contributed by atoms with E-state index >= 15 is 0 Å². The molecule has 19 heavy (non-hydrogen) atoms. The van der Waals surface area contributed by atoms with E-state index in [0.29, 0.717) is 5.02 Å². The normalized spacial score (nSPS) is 12.8. The Balaban J connectivity index is 2.10. The van der Waals surface area contributed by atoms with Crippen molar-refractivity contribution in [1.29, 1.82) is 0 Å². The maximum Gasteiger partial charge on any atom is 0.135 e. The third kappa shape index (κ3) is 2.14. The van der Waals surface area contributed by atoms with Gasteiger partial charge in [0, 0.05) is 5.39 Å². The van der Waals surface area contributed by atoms with Crippen LogP contribution in [0.15, 0.2) is 52.9 Å². The standard InChI is InChI=1S/C16H14ClNO/c1-10-5-2-3-6-11(10)16(18)15-9-12-13(17)7-4-8-14(12)19-15/h2-9,16H,18H2,1H3.